The fraction of sp³-hybridized carbons (Fsp3) is 0.261. The van der Waals surface area contributed by atoms with Crippen molar-refractivity contribution in [2.75, 3.05) is 6.54 Å². The smallest absolute Gasteiger partial charge is 0.185 e. The Morgan fingerprint density at radius 2 is 1.85 bits per heavy atom. The van der Waals surface area contributed by atoms with Gasteiger partial charge < -0.3 is 4.57 Å². The van der Waals surface area contributed by atoms with E-state index in [0.29, 0.717) is 6.54 Å². The summed E-state index contributed by atoms with van der Waals surface area (Å²) < 4.78 is 2.34. The Labute approximate surface area is 175 Å². The van der Waals surface area contributed by atoms with E-state index in [1.807, 2.05) is 12.2 Å². The van der Waals surface area contributed by atoms with E-state index >= 15 is 0 Å². The highest BCUT2D eigenvalue weighted by Crippen LogP contribution is 2.49. The van der Waals surface area contributed by atoms with Crippen LogP contribution in [0.4, 0.5) is 0 Å². The molecule has 0 atom stereocenters. The van der Waals surface area contributed by atoms with Crippen molar-refractivity contribution >= 4 is 39.1 Å². The third-order valence-electron chi connectivity index (χ3n) is 5.46. The van der Waals surface area contributed by atoms with Crippen molar-refractivity contribution in [1.82, 2.24) is 4.57 Å². The summed E-state index contributed by atoms with van der Waals surface area (Å²) in [6, 6.07) is 15.6. The molecular formula is C23H25BrN2S. The van der Waals surface area contributed by atoms with Crippen molar-refractivity contribution in [3.63, 3.8) is 0 Å². The quantitative estimate of drug-likeness (QED) is 0.416. The predicted molar refractivity (Wildman–Crippen MR) is 122 cm³/mol. The highest BCUT2D eigenvalue weighted by Gasteiger charge is 2.42. The average molecular weight is 441 g/mol. The van der Waals surface area contributed by atoms with E-state index in [9.17, 15) is 0 Å². The Morgan fingerprint density at radius 3 is 2.52 bits per heavy atom. The van der Waals surface area contributed by atoms with E-state index in [1.54, 1.807) is 11.3 Å². The summed E-state index contributed by atoms with van der Waals surface area (Å²) in [7, 11) is 0. The Bertz CT molecular complexity index is 1020. The number of rotatable bonds is 6. The summed E-state index contributed by atoms with van der Waals surface area (Å²) in [6.45, 7) is 9.20. The van der Waals surface area contributed by atoms with E-state index in [0.717, 1.165) is 11.3 Å². The van der Waals surface area contributed by atoms with E-state index in [2.05, 4.69) is 65.6 Å². The van der Waals surface area contributed by atoms with Crippen molar-refractivity contribution in [1.29, 1.82) is 0 Å². The summed E-state index contributed by atoms with van der Waals surface area (Å²) in [5.41, 5.74) is 2.91. The van der Waals surface area contributed by atoms with Gasteiger partial charge in [-0.15, -0.1) is 41.5 Å². The van der Waals surface area contributed by atoms with Gasteiger partial charge in [-0.25, -0.2) is 0 Å². The molecule has 0 N–H and O–H groups in total. The lowest BCUT2D eigenvalue weighted by Gasteiger charge is -2.43. The molecule has 140 valence electrons. The molecule has 1 saturated carbocycles. The number of fused-ring (bicyclic) bond motifs is 1. The van der Waals surface area contributed by atoms with Crippen molar-refractivity contribution in [2.24, 2.45) is 4.99 Å². The van der Waals surface area contributed by atoms with Gasteiger partial charge in [0.15, 0.2) is 4.80 Å². The molecule has 1 aromatic heterocycles. The maximum atomic E-state index is 4.70. The van der Waals surface area contributed by atoms with Crippen LogP contribution in [-0.2, 0) is 12.0 Å². The first-order chi connectivity index (χ1) is 12.8. The van der Waals surface area contributed by atoms with Crippen LogP contribution in [0.15, 0.2) is 78.1 Å². The topological polar surface area (TPSA) is 17.3 Å². The van der Waals surface area contributed by atoms with Gasteiger partial charge in [0.1, 0.15) is 0 Å². The fourth-order valence-electron chi connectivity index (χ4n) is 3.99. The van der Waals surface area contributed by atoms with Gasteiger partial charge in [0.2, 0.25) is 0 Å². The molecule has 3 aromatic rings. The third-order valence-corrected chi connectivity index (χ3v) is 6.37. The number of nitrogens with zero attached hydrogens (tertiary/aromatic N) is 2. The Kier molecular flexibility index (Phi) is 6.18. The molecule has 0 unspecified atom stereocenters. The monoisotopic (exact) mass is 440 g/mol. The first-order valence-corrected chi connectivity index (χ1v) is 10.1. The number of thiazole rings is 1. The van der Waals surface area contributed by atoms with Crippen LogP contribution in [0.5, 0.6) is 0 Å². The zero-order valence-electron chi connectivity index (χ0n) is 15.4. The second-order valence-corrected chi connectivity index (χ2v) is 7.77. The Hall–Kier alpha value is -1.91. The van der Waals surface area contributed by atoms with E-state index in [-0.39, 0.29) is 22.4 Å². The summed E-state index contributed by atoms with van der Waals surface area (Å²) >= 11 is 1.73. The van der Waals surface area contributed by atoms with Crippen LogP contribution in [0, 0.1) is 0 Å². The summed E-state index contributed by atoms with van der Waals surface area (Å²) in [6.07, 6.45) is 7.48. The molecule has 0 spiro atoms. The molecule has 0 radical (unpaired) electrons. The minimum Gasteiger partial charge on any atom is -0.316 e. The van der Waals surface area contributed by atoms with Crippen LogP contribution < -0.4 is 4.80 Å². The summed E-state index contributed by atoms with van der Waals surface area (Å²) in [4.78, 5) is 5.76. The molecule has 1 fully saturated rings. The normalized spacial score (nSPS) is 15.8. The van der Waals surface area contributed by atoms with Gasteiger partial charge in [0.25, 0.3) is 0 Å². The minimum absolute atomic E-state index is 0. The van der Waals surface area contributed by atoms with Crippen LogP contribution in [-0.4, -0.2) is 11.1 Å². The third kappa shape index (κ3) is 3.48. The van der Waals surface area contributed by atoms with Crippen molar-refractivity contribution in [3.05, 3.63) is 89.2 Å². The molecule has 1 aliphatic rings. The predicted octanol–water partition coefficient (Wildman–Crippen LogP) is 6.02. The average Bonchev–Trinajstić information content (AvgIpc) is 3.02. The van der Waals surface area contributed by atoms with E-state index < -0.39 is 0 Å². The van der Waals surface area contributed by atoms with Gasteiger partial charge in [-0.05, 0) is 29.2 Å². The lowest BCUT2D eigenvalue weighted by Crippen LogP contribution is -2.39. The van der Waals surface area contributed by atoms with Crippen LogP contribution in [0.1, 0.15) is 30.5 Å². The second-order valence-electron chi connectivity index (χ2n) is 6.93. The van der Waals surface area contributed by atoms with Gasteiger partial charge in [-0.3, -0.25) is 4.99 Å². The van der Waals surface area contributed by atoms with Crippen LogP contribution in [0.3, 0.4) is 0 Å². The molecule has 2 nitrogen and oxygen atoms in total. The lowest BCUT2D eigenvalue weighted by molar-refractivity contribution is 0.285. The van der Waals surface area contributed by atoms with E-state index in [4.69, 9.17) is 4.99 Å². The van der Waals surface area contributed by atoms with Crippen LogP contribution in [0.25, 0.3) is 10.8 Å². The van der Waals surface area contributed by atoms with Gasteiger partial charge >= 0.3 is 0 Å². The zero-order valence-corrected chi connectivity index (χ0v) is 18.0. The highest BCUT2D eigenvalue weighted by atomic mass is 79.9. The molecule has 4 heteroatoms. The van der Waals surface area contributed by atoms with Crippen molar-refractivity contribution in [2.45, 2.75) is 31.2 Å². The van der Waals surface area contributed by atoms with E-state index in [1.165, 1.54) is 41.3 Å². The van der Waals surface area contributed by atoms with Crippen LogP contribution in [0.2, 0.25) is 0 Å². The molecule has 2 aromatic carbocycles. The molecule has 0 aliphatic heterocycles. The number of halogens is 1. The van der Waals surface area contributed by atoms with Crippen LogP contribution >= 0.6 is 28.3 Å². The molecule has 0 amide bonds. The number of aromatic nitrogens is 1. The first-order valence-electron chi connectivity index (χ1n) is 9.19. The van der Waals surface area contributed by atoms with Gasteiger partial charge in [-0.2, -0.15) is 0 Å². The number of allylic oxidation sites excluding steroid dienone is 1. The SMILES string of the molecule is Br.C=CC/N=c1\scc(C2(c3ccc4ccccc4c3)CCC2)n1CC=C. The molecular weight excluding hydrogens is 416 g/mol. The summed E-state index contributed by atoms with van der Waals surface area (Å²) in [5.74, 6) is 0. The number of hydrogen-bond acceptors (Lipinski definition) is 2. The number of hydrogen-bond donors (Lipinski definition) is 0. The Balaban J connectivity index is 0.00000210. The molecule has 27 heavy (non-hydrogen) atoms. The maximum absolute atomic E-state index is 4.70. The minimum atomic E-state index is 0. The zero-order chi connectivity index (χ0) is 18.0. The Morgan fingerprint density at radius 1 is 1.07 bits per heavy atom. The molecule has 0 saturated heterocycles. The standard InChI is InChI=1S/C23H24N2S.BrH/c1-3-14-24-22-25(15-4-2)21(17-26-22)23(12-7-13-23)20-11-10-18-8-5-6-9-19(18)16-20;/h3-6,8-11,16-17H,1-2,7,12-15H2;1H/b24-22-;. The summed E-state index contributed by atoms with van der Waals surface area (Å²) in [5, 5.41) is 4.93. The highest BCUT2D eigenvalue weighted by molar-refractivity contribution is 8.93. The lowest BCUT2D eigenvalue weighted by atomic mass is 9.62. The largest absolute Gasteiger partial charge is 0.316 e. The van der Waals surface area contributed by atoms with Gasteiger partial charge in [0, 0.05) is 23.0 Å². The molecule has 1 aliphatic carbocycles. The van der Waals surface area contributed by atoms with Gasteiger partial charge in [0.05, 0.1) is 6.54 Å². The molecule has 4 rings (SSSR count). The molecule has 0 bridgehead atoms. The van der Waals surface area contributed by atoms with Gasteiger partial charge in [-0.1, -0.05) is 61.0 Å². The fourth-order valence-corrected chi connectivity index (χ4v) is 5.01. The molecule has 1 heterocycles. The van der Waals surface area contributed by atoms with Crippen molar-refractivity contribution < 1.29 is 0 Å². The maximum Gasteiger partial charge on any atom is 0.185 e. The first kappa shape index (κ1) is 19.8. The van der Waals surface area contributed by atoms with Crippen molar-refractivity contribution in [3.8, 4) is 0 Å². The second kappa shape index (κ2) is 8.41. The number of benzene rings is 2.